The van der Waals surface area contributed by atoms with Gasteiger partial charge in [0.1, 0.15) is 11.3 Å². The highest BCUT2D eigenvalue weighted by molar-refractivity contribution is 5.88. The number of ether oxygens (including phenoxy) is 1. The second-order valence-electron chi connectivity index (χ2n) is 7.28. The third-order valence-electron chi connectivity index (χ3n) is 5.24. The quantitative estimate of drug-likeness (QED) is 0.686. The average molecular weight is 394 g/mol. The number of aromatic nitrogens is 1. The smallest absolute Gasteiger partial charge is 0.336 e. The molecule has 0 saturated heterocycles. The molecule has 0 spiro atoms. The van der Waals surface area contributed by atoms with E-state index in [1.807, 2.05) is 19.9 Å². The van der Waals surface area contributed by atoms with E-state index in [-0.39, 0.29) is 18.1 Å². The molecule has 1 amide bonds. The second kappa shape index (κ2) is 7.58. The summed E-state index contributed by atoms with van der Waals surface area (Å²) in [7, 11) is 0. The summed E-state index contributed by atoms with van der Waals surface area (Å²) in [4.78, 5) is 40.3. The molecule has 1 aliphatic heterocycles. The number of nitrogens with zero attached hydrogens (tertiary/aromatic N) is 1. The molecule has 3 heterocycles. The molecule has 2 aromatic heterocycles. The summed E-state index contributed by atoms with van der Waals surface area (Å²) >= 11 is 0. The van der Waals surface area contributed by atoms with Crippen molar-refractivity contribution in [1.29, 1.82) is 0 Å². The van der Waals surface area contributed by atoms with Gasteiger partial charge in [-0.25, -0.2) is 4.79 Å². The minimum atomic E-state index is -0.396. The molecule has 0 saturated carbocycles. The van der Waals surface area contributed by atoms with Crippen LogP contribution in [-0.4, -0.2) is 28.9 Å². The van der Waals surface area contributed by atoms with E-state index in [2.05, 4.69) is 4.98 Å². The molecule has 0 unspecified atom stereocenters. The molecule has 150 valence electrons. The minimum absolute atomic E-state index is 0.112. The highest BCUT2D eigenvalue weighted by Gasteiger charge is 2.22. The lowest BCUT2D eigenvalue weighted by molar-refractivity contribution is -0.134. The number of aromatic amines is 1. The first-order chi connectivity index (χ1) is 13.9. The lowest BCUT2D eigenvalue weighted by Crippen LogP contribution is -2.39. The zero-order valence-electron chi connectivity index (χ0n) is 16.4. The van der Waals surface area contributed by atoms with Gasteiger partial charge >= 0.3 is 5.63 Å². The van der Waals surface area contributed by atoms with Crippen molar-refractivity contribution in [3.8, 4) is 5.75 Å². The van der Waals surface area contributed by atoms with Crippen LogP contribution in [0.2, 0.25) is 0 Å². The maximum absolute atomic E-state index is 12.7. The van der Waals surface area contributed by atoms with Gasteiger partial charge in [-0.15, -0.1) is 0 Å². The van der Waals surface area contributed by atoms with E-state index >= 15 is 0 Å². The number of hydrogen-bond acceptors (Lipinski definition) is 5. The normalized spacial score (nSPS) is 13.4. The van der Waals surface area contributed by atoms with Gasteiger partial charge in [0.05, 0.1) is 5.39 Å². The first-order valence-corrected chi connectivity index (χ1v) is 9.63. The number of pyridine rings is 1. The van der Waals surface area contributed by atoms with Gasteiger partial charge in [0.2, 0.25) is 5.56 Å². The molecular formula is C22H22N2O5. The summed E-state index contributed by atoms with van der Waals surface area (Å²) in [5.74, 6) is 0.405. The number of H-pyrrole nitrogens is 1. The van der Waals surface area contributed by atoms with Crippen molar-refractivity contribution in [2.75, 3.05) is 13.2 Å². The maximum Gasteiger partial charge on any atom is 0.336 e. The molecule has 7 nitrogen and oxygen atoms in total. The third kappa shape index (κ3) is 3.81. The van der Waals surface area contributed by atoms with Crippen LogP contribution in [0.15, 0.2) is 44.5 Å². The van der Waals surface area contributed by atoms with Crippen LogP contribution in [0, 0.1) is 6.92 Å². The molecule has 1 aliphatic rings. The fraction of sp³-hybridized carbons (Fsp3) is 0.318. The molecule has 1 aromatic carbocycles. The lowest BCUT2D eigenvalue weighted by atomic mass is 10.0. The van der Waals surface area contributed by atoms with Crippen molar-refractivity contribution in [1.82, 2.24) is 9.88 Å². The first-order valence-electron chi connectivity index (χ1n) is 9.63. The molecule has 7 heteroatoms. The Hall–Kier alpha value is -3.35. The summed E-state index contributed by atoms with van der Waals surface area (Å²) in [6, 6.07) is 6.71. The van der Waals surface area contributed by atoms with Gasteiger partial charge < -0.3 is 19.0 Å². The number of rotatable bonds is 4. The Balaban J connectivity index is 1.55. The van der Waals surface area contributed by atoms with Crippen molar-refractivity contribution >= 4 is 16.9 Å². The predicted molar refractivity (Wildman–Crippen MR) is 108 cm³/mol. The molecule has 4 rings (SSSR count). The van der Waals surface area contributed by atoms with Gasteiger partial charge in [-0.1, -0.05) is 6.92 Å². The fourth-order valence-electron chi connectivity index (χ4n) is 3.77. The second-order valence-corrected chi connectivity index (χ2v) is 7.28. The SMILES string of the molecule is CCc1cc(=O)oc2cc(C)cc(OCC(=O)N3CCc4cc(=O)[nH]cc4C3)c12. The van der Waals surface area contributed by atoms with Crippen LogP contribution in [0.1, 0.15) is 29.2 Å². The Morgan fingerprint density at radius 3 is 2.83 bits per heavy atom. The molecule has 3 aromatic rings. The van der Waals surface area contributed by atoms with Gasteiger partial charge in [-0.3, -0.25) is 9.59 Å². The number of carbonyl (C=O) groups is 1. The molecule has 29 heavy (non-hydrogen) atoms. The van der Waals surface area contributed by atoms with Crippen molar-refractivity contribution in [2.24, 2.45) is 0 Å². The van der Waals surface area contributed by atoms with E-state index in [0.29, 0.717) is 37.3 Å². The van der Waals surface area contributed by atoms with Crippen LogP contribution in [0.3, 0.4) is 0 Å². The van der Waals surface area contributed by atoms with Gasteiger partial charge in [-0.2, -0.15) is 0 Å². The number of hydrogen-bond donors (Lipinski definition) is 1. The summed E-state index contributed by atoms with van der Waals surface area (Å²) in [6.07, 6.45) is 2.96. The van der Waals surface area contributed by atoms with Crippen LogP contribution in [-0.2, 0) is 24.2 Å². The Bertz CT molecular complexity index is 1210. The molecular weight excluding hydrogens is 372 g/mol. The predicted octanol–water partition coefficient (Wildman–Crippen LogP) is 2.32. The number of aryl methyl sites for hydroxylation is 2. The molecule has 0 aliphatic carbocycles. The largest absolute Gasteiger partial charge is 0.483 e. The van der Waals surface area contributed by atoms with Crippen LogP contribution < -0.4 is 15.9 Å². The van der Waals surface area contributed by atoms with Crippen LogP contribution >= 0.6 is 0 Å². The molecule has 0 radical (unpaired) electrons. The topological polar surface area (TPSA) is 92.6 Å². The van der Waals surface area contributed by atoms with E-state index in [1.165, 1.54) is 6.07 Å². The monoisotopic (exact) mass is 394 g/mol. The summed E-state index contributed by atoms with van der Waals surface area (Å²) in [6.45, 7) is 4.72. The Labute approximate surface area is 166 Å². The summed E-state index contributed by atoms with van der Waals surface area (Å²) < 4.78 is 11.2. The number of benzene rings is 1. The molecule has 0 atom stereocenters. The Kier molecular flexibility index (Phi) is 4.96. The zero-order valence-corrected chi connectivity index (χ0v) is 16.4. The van der Waals surface area contributed by atoms with E-state index in [4.69, 9.17) is 9.15 Å². The van der Waals surface area contributed by atoms with E-state index in [1.54, 1.807) is 23.2 Å². The third-order valence-corrected chi connectivity index (χ3v) is 5.24. The highest BCUT2D eigenvalue weighted by Crippen LogP contribution is 2.30. The highest BCUT2D eigenvalue weighted by atomic mass is 16.5. The summed E-state index contributed by atoms with van der Waals surface area (Å²) in [5.41, 5.74) is 3.57. The van der Waals surface area contributed by atoms with Gasteiger partial charge in [0.25, 0.3) is 5.91 Å². The van der Waals surface area contributed by atoms with E-state index < -0.39 is 5.63 Å². The van der Waals surface area contributed by atoms with Gasteiger partial charge in [0, 0.05) is 31.4 Å². The van der Waals surface area contributed by atoms with Crippen molar-refractivity contribution < 1.29 is 13.9 Å². The Morgan fingerprint density at radius 1 is 1.21 bits per heavy atom. The first kappa shape index (κ1) is 19.0. The summed E-state index contributed by atoms with van der Waals surface area (Å²) in [5, 5.41) is 0.729. The molecule has 1 N–H and O–H groups in total. The number of amides is 1. The number of nitrogens with one attached hydrogen (secondary N) is 1. The van der Waals surface area contributed by atoms with Crippen LogP contribution in [0.5, 0.6) is 5.75 Å². The molecule has 0 fully saturated rings. The zero-order chi connectivity index (χ0) is 20.5. The average Bonchev–Trinajstić information content (AvgIpc) is 2.70. The van der Waals surface area contributed by atoms with Crippen molar-refractivity contribution in [2.45, 2.75) is 33.2 Å². The van der Waals surface area contributed by atoms with Gasteiger partial charge in [-0.05, 0) is 54.2 Å². The van der Waals surface area contributed by atoms with E-state index in [0.717, 1.165) is 27.6 Å². The van der Waals surface area contributed by atoms with Crippen LogP contribution in [0.4, 0.5) is 0 Å². The lowest BCUT2D eigenvalue weighted by Gasteiger charge is -2.28. The maximum atomic E-state index is 12.7. The Morgan fingerprint density at radius 2 is 2.03 bits per heavy atom. The minimum Gasteiger partial charge on any atom is -0.483 e. The number of fused-ring (bicyclic) bond motifs is 2. The van der Waals surface area contributed by atoms with E-state index in [9.17, 15) is 14.4 Å². The van der Waals surface area contributed by atoms with Gasteiger partial charge in [0.15, 0.2) is 6.61 Å². The van der Waals surface area contributed by atoms with Crippen LogP contribution in [0.25, 0.3) is 11.0 Å². The molecule has 0 bridgehead atoms. The fourth-order valence-corrected chi connectivity index (χ4v) is 3.77. The van der Waals surface area contributed by atoms with Crippen molar-refractivity contribution in [3.63, 3.8) is 0 Å². The standard InChI is InChI=1S/C22H22N2O5/c1-3-14-9-21(27)29-18-7-13(2)6-17(22(14)18)28-12-20(26)24-5-4-15-8-19(25)23-10-16(15)11-24/h6-10H,3-5,11-12H2,1-2H3,(H,23,25). The van der Waals surface area contributed by atoms with Crippen molar-refractivity contribution in [3.05, 3.63) is 73.5 Å². The number of carbonyl (C=O) groups excluding carboxylic acids is 1.